The molecule has 0 spiro atoms. The summed E-state index contributed by atoms with van der Waals surface area (Å²) in [5.74, 6) is 0.703. The summed E-state index contributed by atoms with van der Waals surface area (Å²) in [5.41, 5.74) is 6.67. The first kappa shape index (κ1) is 20.1. The van der Waals surface area contributed by atoms with Crippen LogP contribution in [-0.4, -0.2) is 50.3 Å². The molecule has 6 rings (SSSR count). The summed E-state index contributed by atoms with van der Waals surface area (Å²) in [4.78, 5) is 16.2. The lowest BCUT2D eigenvalue weighted by molar-refractivity contribution is 0.218. The molecular formula is C23H25N7S2. The van der Waals surface area contributed by atoms with Crippen molar-refractivity contribution in [3.8, 4) is 22.5 Å². The fourth-order valence-corrected chi connectivity index (χ4v) is 6.57. The maximum atomic E-state index is 4.70. The highest BCUT2D eigenvalue weighted by Crippen LogP contribution is 2.37. The van der Waals surface area contributed by atoms with Crippen molar-refractivity contribution in [2.45, 2.75) is 57.2 Å². The molecule has 1 aromatic carbocycles. The van der Waals surface area contributed by atoms with Gasteiger partial charge in [0.1, 0.15) is 5.69 Å². The third kappa shape index (κ3) is 3.58. The van der Waals surface area contributed by atoms with E-state index in [9.17, 15) is 0 Å². The first-order valence-electron chi connectivity index (χ1n) is 11.1. The molecule has 0 aliphatic carbocycles. The van der Waals surface area contributed by atoms with Crippen LogP contribution in [0.15, 0.2) is 29.2 Å². The van der Waals surface area contributed by atoms with E-state index in [1.807, 2.05) is 18.6 Å². The molecule has 0 amide bonds. The number of nitrogens with one attached hydrogen (secondary N) is 1. The van der Waals surface area contributed by atoms with Gasteiger partial charge in [-0.1, -0.05) is 12.5 Å². The molecule has 4 aromatic rings. The van der Waals surface area contributed by atoms with E-state index >= 15 is 0 Å². The molecule has 3 atom stereocenters. The lowest BCUT2D eigenvalue weighted by atomic mass is 9.83. The van der Waals surface area contributed by atoms with E-state index in [1.165, 1.54) is 19.3 Å². The van der Waals surface area contributed by atoms with Gasteiger partial charge in [-0.15, -0.1) is 32.9 Å². The minimum atomic E-state index is 0.466. The smallest absolute Gasteiger partial charge is 0.245 e. The number of anilines is 1. The molecule has 3 aromatic heterocycles. The summed E-state index contributed by atoms with van der Waals surface area (Å²) >= 11 is 3.27. The zero-order valence-electron chi connectivity index (χ0n) is 18.2. The van der Waals surface area contributed by atoms with E-state index in [-0.39, 0.29) is 0 Å². The van der Waals surface area contributed by atoms with E-state index in [0.29, 0.717) is 24.1 Å². The van der Waals surface area contributed by atoms with Gasteiger partial charge in [-0.25, -0.2) is 15.0 Å². The average Bonchev–Trinajstić information content (AvgIpc) is 3.47. The Labute approximate surface area is 195 Å². The number of hydrogen-bond donors (Lipinski definition) is 1. The number of aryl methyl sites for hydroxylation is 1. The van der Waals surface area contributed by atoms with Gasteiger partial charge in [-0.3, -0.25) is 0 Å². The normalized spacial score (nSPS) is 22.9. The molecule has 164 valence electrons. The summed E-state index contributed by atoms with van der Waals surface area (Å²) in [6, 6.07) is 5.89. The first-order chi connectivity index (χ1) is 15.7. The molecule has 0 saturated carbocycles. The predicted molar refractivity (Wildman–Crippen MR) is 130 cm³/mol. The number of nitrogens with zero attached hydrogens (tertiary/aromatic N) is 6. The van der Waals surface area contributed by atoms with Crippen LogP contribution >= 0.6 is 22.7 Å². The van der Waals surface area contributed by atoms with Crippen LogP contribution in [0.5, 0.6) is 0 Å². The Morgan fingerprint density at radius 2 is 1.81 bits per heavy atom. The average molecular weight is 464 g/mol. The fourth-order valence-electron chi connectivity index (χ4n) is 5.12. The Hall–Kier alpha value is -2.49. The maximum Gasteiger partial charge on any atom is 0.245 e. The second kappa shape index (κ2) is 8.13. The van der Waals surface area contributed by atoms with Crippen LogP contribution in [-0.2, 0) is 0 Å². The van der Waals surface area contributed by atoms with Gasteiger partial charge in [0.25, 0.3) is 0 Å². The number of piperidine rings is 2. The topological polar surface area (TPSA) is 79.7 Å². The second-order valence-electron chi connectivity index (χ2n) is 8.81. The van der Waals surface area contributed by atoms with Gasteiger partial charge >= 0.3 is 0 Å². The zero-order valence-corrected chi connectivity index (χ0v) is 19.8. The lowest BCUT2D eigenvalue weighted by Crippen LogP contribution is -2.54. The second-order valence-corrected chi connectivity index (χ2v) is 10.7. The highest BCUT2D eigenvalue weighted by Gasteiger charge is 2.33. The molecular weight excluding hydrogens is 438 g/mol. The molecule has 2 saturated heterocycles. The third-order valence-corrected chi connectivity index (χ3v) is 8.39. The zero-order chi connectivity index (χ0) is 21.7. The van der Waals surface area contributed by atoms with Crippen LogP contribution in [0.3, 0.4) is 0 Å². The van der Waals surface area contributed by atoms with Crippen LogP contribution in [0.4, 0.5) is 5.95 Å². The van der Waals surface area contributed by atoms with E-state index < -0.39 is 0 Å². The van der Waals surface area contributed by atoms with Crippen LogP contribution in [0.2, 0.25) is 0 Å². The molecule has 7 nitrogen and oxygen atoms in total. The highest BCUT2D eigenvalue weighted by atomic mass is 32.1. The Balaban J connectivity index is 1.28. The molecule has 2 aliphatic heterocycles. The van der Waals surface area contributed by atoms with Crippen molar-refractivity contribution in [2.75, 3.05) is 11.9 Å². The molecule has 1 N–H and O–H groups in total. The quantitative estimate of drug-likeness (QED) is 0.470. The number of aromatic nitrogens is 5. The Morgan fingerprint density at radius 1 is 1.00 bits per heavy atom. The van der Waals surface area contributed by atoms with Gasteiger partial charge in [-0.05, 0) is 38.7 Å². The molecule has 1 unspecified atom stereocenters. The Kier molecular flexibility index (Phi) is 5.12. The SMILES string of the molecule is Cc1nc(-c2ccc(-c3cnc(N(C)C4C[C@H]5CCC[C@@H](C4)N5)nn3)c3scnc23)cs1. The van der Waals surface area contributed by atoms with Crippen molar-refractivity contribution in [2.24, 2.45) is 0 Å². The van der Waals surface area contributed by atoms with Crippen LogP contribution in [0.25, 0.3) is 32.7 Å². The van der Waals surface area contributed by atoms with Crippen LogP contribution in [0.1, 0.15) is 37.1 Å². The van der Waals surface area contributed by atoms with Crippen LogP contribution in [0, 0.1) is 6.92 Å². The van der Waals surface area contributed by atoms with Crippen molar-refractivity contribution in [3.05, 3.63) is 34.2 Å². The monoisotopic (exact) mass is 463 g/mol. The fraction of sp³-hybridized carbons (Fsp3) is 0.435. The molecule has 0 radical (unpaired) electrons. The molecule has 32 heavy (non-hydrogen) atoms. The number of hydrogen-bond acceptors (Lipinski definition) is 9. The highest BCUT2D eigenvalue weighted by molar-refractivity contribution is 7.17. The third-order valence-electron chi connectivity index (χ3n) is 6.76. The van der Waals surface area contributed by atoms with Crippen molar-refractivity contribution >= 4 is 38.8 Å². The summed E-state index contributed by atoms with van der Waals surface area (Å²) < 4.78 is 1.09. The largest absolute Gasteiger partial charge is 0.339 e. The van der Waals surface area contributed by atoms with Gasteiger partial charge < -0.3 is 10.2 Å². The minimum absolute atomic E-state index is 0.466. The van der Waals surface area contributed by atoms with E-state index in [4.69, 9.17) is 4.98 Å². The Bertz CT molecular complexity index is 1240. The van der Waals surface area contributed by atoms with Crippen molar-refractivity contribution in [1.82, 2.24) is 30.5 Å². The molecule has 2 fully saturated rings. The molecule has 2 aliphatic rings. The van der Waals surface area contributed by atoms with Crippen molar-refractivity contribution in [1.29, 1.82) is 0 Å². The maximum absolute atomic E-state index is 4.70. The lowest BCUT2D eigenvalue weighted by Gasteiger charge is -2.43. The summed E-state index contributed by atoms with van der Waals surface area (Å²) in [7, 11) is 2.11. The number of rotatable bonds is 4. The predicted octanol–water partition coefficient (Wildman–Crippen LogP) is 4.69. The standard InChI is InChI=1S/C23H25N7S2/c1-13-26-20(11-31-13)17-6-7-18(22-21(17)25-12-32-22)19-10-24-23(29-28-19)30(2)16-8-14-4-3-5-15(9-16)27-14/h6-7,10-12,14-16,27H,3-5,8-9H2,1-2H3/t14-,15+,16?. The number of fused-ring (bicyclic) bond motifs is 3. The van der Waals surface area contributed by atoms with Gasteiger partial charge in [0.05, 0.1) is 32.6 Å². The summed E-state index contributed by atoms with van der Waals surface area (Å²) in [5, 5.41) is 16.0. The van der Waals surface area contributed by atoms with Gasteiger partial charge in [-0.2, -0.15) is 0 Å². The summed E-state index contributed by atoms with van der Waals surface area (Å²) in [6.07, 6.45) is 8.05. The Morgan fingerprint density at radius 3 is 2.53 bits per heavy atom. The van der Waals surface area contributed by atoms with Gasteiger partial charge in [0.15, 0.2) is 0 Å². The van der Waals surface area contributed by atoms with Crippen molar-refractivity contribution in [3.63, 3.8) is 0 Å². The van der Waals surface area contributed by atoms with Gasteiger partial charge in [0.2, 0.25) is 5.95 Å². The van der Waals surface area contributed by atoms with Crippen LogP contribution < -0.4 is 10.2 Å². The van der Waals surface area contributed by atoms with Crippen molar-refractivity contribution < 1.29 is 0 Å². The summed E-state index contributed by atoms with van der Waals surface area (Å²) in [6.45, 7) is 2.02. The van der Waals surface area contributed by atoms with E-state index in [1.54, 1.807) is 22.7 Å². The molecule has 5 heterocycles. The van der Waals surface area contributed by atoms with E-state index in [0.717, 1.165) is 50.6 Å². The van der Waals surface area contributed by atoms with Gasteiger partial charge in [0, 0.05) is 41.7 Å². The minimum Gasteiger partial charge on any atom is -0.339 e. The molecule has 2 bridgehead atoms. The number of thiazole rings is 2. The molecule has 9 heteroatoms. The van der Waals surface area contributed by atoms with E-state index in [2.05, 4.69) is 54.9 Å². The first-order valence-corrected chi connectivity index (χ1v) is 12.9. The number of benzene rings is 1.